The van der Waals surface area contributed by atoms with Crippen LogP contribution in [0.3, 0.4) is 0 Å². The lowest BCUT2D eigenvalue weighted by molar-refractivity contribution is -0.121. The zero-order valence-corrected chi connectivity index (χ0v) is 15.6. The Morgan fingerprint density at radius 2 is 2.00 bits per heavy atom. The van der Waals surface area contributed by atoms with E-state index in [1.165, 1.54) is 12.1 Å². The Kier molecular flexibility index (Phi) is 4.07. The Morgan fingerprint density at radius 1 is 1.19 bits per heavy atom. The van der Waals surface area contributed by atoms with E-state index in [1.54, 1.807) is 28.4 Å². The normalized spacial score (nSPS) is 22.6. The molecule has 0 N–H and O–H groups in total. The molecule has 0 radical (unpaired) electrons. The largest absolute Gasteiger partial charge is 0.294 e. The molecule has 3 nitrogen and oxygen atoms in total. The van der Waals surface area contributed by atoms with E-state index < -0.39 is 0 Å². The first-order chi connectivity index (χ1) is 12.4. The number of amides is 1. The molecule has 0 unspecified atom stereocenters. The third kappa shape index (κ3) is 2.90. The number of Topliss-reactive ketones (excluding diaryl/α,β-unsaturated/α-hetero) is 1. The topological polar surface area (TPSA) is 37.4 Å². The molecule has 0 fully saturated rings. The van der Waals surface area contributed by atoms with Crippen LogP contribution in [0.15, 0.2) is 52.4 Å². The number of carbonyl (C=O) groups excluding carboxylic acids is 2. The molecule has 1 aromatic carbocycles. The molecule has 1 atom stereocenters. The number of halogens is 1. The van der Waals surface area contributed by atoms with E-state index in [0.29, 0.717) is 18.5 Å². The van der Waals surface area contributed by atoms with Crippen LogP contribution in [0.25, 0.3) is 0 Å². The molecule has 4 rings (SSSR count). The zero-order chi connectivity index (χ0) is 18.5. The predicted octanol–water partition coefficient (Wildman–Crippen LogP) is 5.05. The molecule has 0 saturated carbocycles. The van der Waals surface area contributed by atoms with Gasteiger partial charge in [0.1, 0.15) is 5.82 Å². The molecule has 1 aromatic heterocycles. The summed E-state index contributed by atoms with van der Waals surface area (Å²) in [7, 11) is 0. The SMILES string of the molecule is CC1(C)CC(=O)C2=C(C1)N(c1cccc(F)c1)C(=O)C[C@@H]2c1ccsc1. The Labute approximate surface area is 156 Å². The summed E-state index contributed by atoms with van der Waals surface area (Å²) in [5.41, 5.74) is 2.76. The molecule has 5 heteroatoms. The number of ketones is 1. The Balaban J connectivity index is 1.91. The van der Waals surface area contributed by atoms with Gasteiger partial charge >= 0.3 is 0 Å². The molecule has 0 spiro atoms. The fourth-order valence-electron chi connectivity index (χ4n) is 4.09. The van der Waals surface area contributed by atoms with Crippen LogP contribution in [0.4, 0.5) is 10.1 Å². The van der Waals surface area contributed by atoms with Crippen molar-refractivity contribution in [3.8, 4) is 0 Å². The van der Waals surface area contributed by atoms with Crippen LogP contribution in [0.1, 0.15) is 44.6 Å². The monoisotopic (exact) mass is 369 g/mol. The number of nitrogens with zero attached hydrogens (tertiary/aromatic N) is 1. The number of thiophene rings is 1. The van der Waals surface area contributed by atoms with E-state index in [2.05, 4.69) is 0 Å². The lowest BCUT2D eigenvalue weighted by atomic mass is 9.69. The van der Waals surface area contributed by atoms with Gasteiger partial charge in [0.15, 0.2) is 5.78 Å². The standard InChI is InChI=1S/C21H20FNO2S/c1-21(2)10-17-20(18(24)11-21)16(13-6-7-26-12-13)9-19(25)23(17)15-5-3-4-14(22)8-15/h3-8,12,16H,9-11H2,1-2H3/t16-/m1/s1. The number of benzene rings is 1. The third-order valence-electron chi connectivity index (χ3n) is 5.15. The van der Waals surface area contributed by atoms with Crippen LogP contribution in [0.5, 0.6) is 0 Å². The van der Waals surface area contributed by atoms with Gasteiger partial charge in [0, 0.05) is 30.0 Å². The molecule has 1 amide bonds. The number of allylic oxidation sites excluding steroid dienone is 2. The summed E-state index contributed by atoms with van der Waals surface area (Å²) in [6.45, 7) is 4.08. The summed E-state index contributed by atoms with van der Waals surface area (Å²) in [6, 6.07) is 8.02. The van der Waals surface area contributed by atoms with Crippen molar-refractivity contribution >= 4 is 28.7 Å². The molecule has 1 aliphatic heterocycles. The van der Waals surface area contributed by atoms with Crippen molar-refractivity contribution in [1.82, 2.24) is 0 Å². The van der Waals surface area contributed by atoms with E-state index in [1.807, 2.05) is 30.7 Å². The molecule has 1 aliphatic carbocycles. The molecule has 2 aliphatic rings. The first kappa shape index (κ1) is 17.2. The minimum Gasteiger partial charge on any atom is -0.294 e. The van der Waals surface area contributed by atoms with Crippen LogP contribution < -0.4 is 4.90 Å². The molecule has 26 heavy (non-hydrogen) atoms. The summed E-state index contributed by atoms with van der Waals surface area (Å²) in [5.74, 6) is -0.576. The van der Waals surface area contributed by atoms with Gasteiger partial charge in [-0.25, -0.2) is 4.39 Å². The average Bonchev–Trinajstić information content (AvgIpc) is 3.06. The minimum atomic E-state index is -0.390. The maximum Gasteiger partial charge on any atom is 0.232 e. The van der Waals surface area contributed by atoms with Crippen LogP contribution in [0, 0.1) is 11.2 Å². The van der Waals surface area contributed by atoms with Crippen molar-refractivity contribution in [2.75, 3.05) is 4.90 Å². The van der Waals surface area contributed by atoms with E-state index >= 15 is 0 Å². The van der Waals surface area contributed by atoms with Crippen molar-refractivity contribution in [3.05, 3.63) is 63.7 Å². The van der Waals surface area contributed by atoms with Gasteiger partial charge in [-0.3, -0.25) is 14.5 Å². The van der Waals surface area contributed by atoms with Crippen LogP contribution in [-0.4, -0.2) is 11.7 Å². The lowest BCUT2D eigenvalue weighted by Gasteiger charge is -2.42. The highest BCUT2D eigenvalue weighted by Crippen LogP contribution is 2.48. The van der Waals surface area contributed by atoms with Crippen LogP contribution in [0.2, 0.25) is 0 Å². The number of hydrogen-bond donors (Lipinski definition) is 0. The zero-order valence-electron chi connectivity index (χ0n) is 14.8. The van der Waals surface area contributed by atoms with E-state index in [-0.39, 0.29) is 35.3 Å². The smallest absolute Gasteiger partial charge is 0.232 e. The van der Waals surface area contributed by atoms with Crippen LogP contribution in [-0.2, 0) is 9.59 Å². The highest BCUT2D eigenvalue weighted by Gasteiger charge is 2.44. The fourth-order valence-corrected chi connectivity index (χ4v) is 4.80. The lowest BCUT2D eigenvalue weighted by Crippen LogP contribution is -2.43. The second kappa shape index (κ2) is 6.16. The first-order valence-corrected chi connectivity index (χ1v) is 9.67. The van der Waals surface area contributed by atoms with Gasteiger partial charge in [0.25, 0.3) is 0 Å². The average molecular weight is 369 g/mol. The van der Waals surface area contributed by atoms with Gasteiger partial charge in [-0.2, -0.15) is 11.3 Å². The highest BCUT2D eigenvalue weighted by molar-refractivity contribution is 7.08. The Morgan fingerprint density at radius 3 is 2.69 bits per heavy atom. The Hall–Kier alpha value is -2.27. The number of anilines is 1. The highest BCUT2D eigenvalue weighted by atomic mass is 32.1. The minimum absolute atomic E-state index is 0.0870. The van der Waals surface area contributed by atoms with Crippen molar-refractivity contribution in [2.45, 2.75) is 39.0 Å². The van der Waals surface area contributed by atoms with Gasteiger partial charge in [0.2, 0.25) is 5.91 Å². The molecule has 0 saturated heterocycles. The van der Waals surface area contributed by atoms with Crippen molar-refractivity contribution in [2.24, 2.45) is 5.41 Å². The van der Waals surface area contributed by atoms with Gasteiger partial charge in [-0.15, -0.1) is 0 Å². The first-order valence-electron chi connectivity index (χ1n) is 8.72. The fraction of sp³-hybridized carbons (Fsp3) is 0.333. The van der Waals surface area contributed by atoms with Gasteiger partial charge in [-0.1, -0.05) is 19.9 Å². The second-order valence-corrected chi connectivity index (χ2v) is 8.60. The number of rotatable bonds is 2. The van der Waals surface area contributed by atoms with Gasteiger partial charge < -0.3 is 0 Å². The van der Waals surface area contributed by atoms with Gasteiger partial charge in [0.05, 0.1) is 5.69 Å². The van der Waals surface area contributed by atoms with Crippen LogP contribution >= 0.6 is 11.3 Å². The summed E-state index contributed by atoms with van der Waals surface area (Å²) in [5, 5.41) is 3.98. The van der Waals surface area contributed by atoms with E-state index in [4.69, 9.17) is 0 Å². The predicted molar refractivity (Wildman–Crippen MR) is 101 cm³/mol. The van der Waals surface area contributed by atoms with Crippen molar-refractivity contribution in [1.29, 1.82) is 0 Å². The molecule has 2 aromatic rings. The summed E-state index contributed by atoms with van der Waals surface area (Å²) >= 11 is 1.57. The second-order valence-electron chi connectivity index (χ2n) is 7.82. The summed E-state index contributed by atoms with van der Waals surface area (Å²) in [6.07, 6.45) is 1.33. The molecular weight excluding hydrogens is 349 g/mol. The molecule has 2 heterocycles. The maximum absolute atomic E-state index is 13.8. The van der Waals surface area contributed by atoms with Gasteiger partial charge in [-0.05, 0) is 52.4 Å². The van der Waals surface area contributed by atoms with Crippen molar-refractivity contribution in [3.63, 3.8) is 0 Å². The molecule has 134 valence electrons. The number of hydrogen-bond acceptors (Lipinski definition) is 3. The van der Waals surface area contributed by atoms with E-state index in [9.17, 15) is 14.0 Å². The molecule has 0 bridgehead atoms. The molecular formula is C21H20FNO2S. The quantitative estimate of drug-likeness (QED) is 0.743. The number of carbonyl (C=O) groups is 2. The van der Waals surface area contributed by atoms with Crippen molar-refractivity contribution < 1.29 is 14.0 Å². The summed E-state index contributed by atoms with van der Waals surface area (Å²) in [4.78, 5) is 27.6. The third-order valence-corrected chi connectivity index (χ3v) is 5.86. The van der Waals surface area contributed by atoms with E-state index in [0.717, 1.165) is 16.8 Å². The maximum atomic E-state index is 13.8. The summed E-state index contributed by atoms with van der Waals surface area (Å²) < 4.78 is 13.8. The Bertz CT molecular complexity index is 914.